The Kier molecular flexibility index (Phi) is 2.63. The van der Waals surface area contributed by atoms with E-state index in [0.717, 1.165) is 17.7 Å². The number of fused-ring (bicyclic) bond motifs is 1. The molecule has 4 heteroatoms. The fraction of sp³-hybridized carbons (Fsp3) is 0.286. The second-order valence-corrected chi connectivity index (χ2v) is 4.47. The molecular weight excluding hydrogens is 228 g/mol. The zero-order chi connectivity index (χ0) is 12.5. The minimum atomic E-state index is -0.442. The zero-order valence-corrected chi connectivity index (χ0v) is 10.2. The summed E-state index contributed by atoms with van der Waals surface area (Å²) in [6.07, 6.45) is 5.21. The fourth-order valence-corrected chi connectivity index (χ4v) is 2.41. The van der Waals surface area contributed by atoms with E-state index < -0.39 is 5.97 Å². The van der Waals surface area contributed by atoms with Crippen molar-refractivity contribution in [1.29, 1.82) is 0 Å². The van der Waals surface area contributed by atoms with Gasteiger partial charge in [0.25, 0.3) is 0 Å². The van der Waals surface area contributed by atoms with Crippen molar-refractivity contribution < 1.29 is 9.53 Å². The maximum atomic E-state index is 11.3. The number of esters is 1. The van der Waals surface area contributed by atoms with E-state index in [1.165, 1.54) is 31.1 Å². The first-order valence-electron chi connectivity index (χ1n) is 6.03. The van der Waals surface area contributed by atoms with Gasteiger partial charge in [-0.25, -0.2) is 9.78 Å². The summed E-state index contributed by atoms with van der Waals surface area (Å²) in [7, 11) is 1.35. The molecule has 0 saturated carbocycles. The number of benzene rings is 1. The second-order valence-electron chi connectivity index (χ2n) is 4.47. The molecule has 0 bridgehead atoms. The van der Waals surface area contributed by atoms with Gasteiger partial charge in [-0.2, -0.15) is 0 Å². The Morgan fingerprint density at radius 3 is 3.00 bits per heavy atom. The predicted octanol–water partition coefficient (Wildman–Crippen LogP) is 2.35. The molecule has 2 aromatic rings. The van der Waals surface area contributed by atoms with Gasteiger partial charge in [-0.1, -0.05) is 12.1 Å². The highest BCUT2D eigenvalue weighted by Gasteiger charge is 2.14. The summed E-state index contributed by atoms with van der Waals surface area (Å²) in [5.41, 5.74) is 4.76. The summed E-state index contributed by atoms with van der Waals surface area (Å²) in [6, 6.07) is 6.41. The lowest BCUT2D eigenvalue weighted by atomic mass is 10.1. The number of carbonyl (C=O) groups is 1. The number of aromatic nitrogens is 2. The third kappa shape index (κ3) is 1.79. The van der Waals surface area contributed by atoms with E-state index in [0.29, 0.717) is 0 Å². The SMILES string of the molecule is COC(=O)c1ncc(-c2ccc3c(c2)CCC3)[nH]1. The van der Waals surface area contributed by atoms with Crippen LogP contribution in [0.4, 0.5) is 0 Å². The van der Waals surface area contributed by atoms with Crippen LogP contribution in [0.2, 0.25) is 0 Å². The van der Waals surface area contributed by atoms with Gasteiger partial charge in [0, 0.05) is 0 Å². The standard InChI is InChI=1S/C14H14N2O2/c1-18-14(17)13-15-8-12(16-13)11-6-5-9-3-2-4-10(9)7-11/h5-8H,2-4H2,1H3,(H,15,16). The van der Waals surface area contributed by atoms with Gasteiger partial charge >= 0.3 is 5.97 Å². The Morgan fingerprint density at radius 1 is 1.33 bits per heavy atom. The number of nitrogens with zero attached hydrogens (tertiary/aromatic N) is 1. The lowest BCUT2D eigenvalue weighted by molar-refractivity contribution is 0.0588. The Bertz CT molecular complexity index is 602. The van der Waals surface area contributed by atoms with Crippen LogP contribution >= 0.6 is 0 Å². The van der Waals surface area contributed by atoms with Crippen LogP contribution in [-0.2, 0) is 17.6 Å². The van der Waals surface area contributed by atoms with E-state index in [2.05, 4.69) is 32.9 Å². The number of aromatic amines is 1. The minimum absolute atomic E-state index is 0.244. The molecule has 1 aromatic heterocycles. The number of nitrogens with one attached hydrogen (secondary N) is 1. The fourth-order valence-electron chi connectivity index (χ4n) is 2.41. The molecule has 0 unspecified atom stereocenters. The van der Waals surface area contributed by atoms with Gasteiger partial charge in [0.05, 0.1) is 19.0 Å². The van der Waals surface area contributed by atoms with Crippen molar-refractivity contribution in [2.75, 3.05) is 7.11 Å². The molecule has 4 nitrogen and oxygen atoms in total. The number of rotatable bonds is 2. The molecule has 0 aliphatic heterocycles. The Labute approximate surface area is 105 Å². The van der Waals surface area contributed by atoms with Crippen LogP contribution in [0.3, 0.4) is 0 Å². The molecule has 0 saturated heterocycles. The number of methoxy groups -OCH3 is 1. The van der Waals surface area contributed by atoms with Crippen LogP contribution in [0.15, 0.2) is 24.4 Å². The van der Waals surface area contributed by atoms with Crippen LogP contribution < -0.4 is 0 Å². The minimum Gasteiger partial charge on any atom is -0.463 e. The van der Waals surface area contributed by atoms with Gasteiger partial charge in [0.15, 0.2) is 0 Å². The maximum absolute atomic E-state index is 11.3. The Hall–Kier alpha value is -2.10. The Morgan fingerprint density at radius 2 is 2.17 bits per heavy atom. The van der Waals surface area contributed by atoms with Gasteiger partial charge in [-0.05, 0) is 42.0 Å². The number of H-pyrrole nitrogens is 1. The Balaban J connectivity index is 1.95. The predicted molar refractivity (Wildman–Crippen MR) is 67.4 cm³/mol. The summed E-state index contributed by atoms with van der Waals surface area (Å²) in [6.45, 7) is 0. The molecule has 1 aliphatic carbocycles. The average molecular weight is 242 g/mol. The van der Waals surface area contributed by atoms with Gasteiger partial charge in [-0.3, -0.25) is 0 Å². The third-order valence-electron chi connectivity index (χ3n) is 3.36. The average Bonchev–Trinajstić information content (AvgIpc) is 3.05. The summed E-state index contributed by atoms with van der Waals surface area (Å²) in [5.74, 6) is -0.199. The second kappa shape index (κ2) is 4.29. The smallest absolute Gasteiger partial charge is 0.374 e. The van der Waals surface area contributed by atoms with Crippen molar-refractivity contribution >= 4 is 5.97 Å². The van der Waals surface area contributed by atoms with Crippen molar-refractivity contribution in [3.63, 3.8) is 0 Å². The van der Waals surface area contributed by atoms with Crippen LogP contribution in [0, 0.1) is 0 Å². The highest BCUT2D eigenvalue weighted by atomic mass is 16.5. The monoisotopic (exact) mass is 242 g/mol. The van der Waals surface area contributed by atoms with Crippen LogP contribution in [0.1, 0.15) is 28.2 Å². The number of hydrogen-bond donors (Lipinski definition) is 1. The first-order valence-corrected chi connectivity index (χ1v) is 6.03. The van der Waals surface area contributed by atoms with Crippen LogP contribution in [-0.4, -0.2) is 23.0 Å². The van der Waals surface area contributed by atoms with Gasteiger partial charge < -0.3 is 9.72 Å². The molecule has 1 aromatic carbocycles. The van der Waals surface area contributed by atoms with Crippen molar-refractivity contribution in [1.82, 2.24) is 9.97 Å². The summed E-state index contributed by atoms with van der Waals surface area (Å²) >= 11 is 0. The van der Waals surface area contributed by atoms with Crippen LogP contribution in [0.5, 0.6) is 0 Å². The van der Waals surface area contributed by atoms with Gasteiger partial charge in [-0.15, -0.1) is 0 Å². The third-order valence-corrected chi connectivity index (χ3v) is 3.36. The number of ether oxygens (including phenoxy) is 1. The van der Waals surface area contributed by atoms with E-state index >= 15 is 0 Å². The number of hydrogen-bond acceptors (Lipinski definition) is 3. The quantitative estimate of drug-likeness (QED) is 0.822. The molecule has 0 amide bonds. The highest BCUT2D eigenvalue weighted by molar-refractivity contribution is 5.86. The molecule has 1 N–H and O–H groups in total. The zero-order valence-electron chi connectivity index (χ0n) is 10.2. The van der Waals surface area contributed by atoms with E-state index in [1.807, 2.05) is 0 Å². The number of aryl methyl sites for hydroxylation is 2. The van der Waals surface area contributed by atoms with Crippen LogP contribution in [0.25, 0.3) is 11.3 Å². The van der Waals surface area contributed by atoms with Crippen molar-refractivity contribution in [2.45, 2.75) is 19.3 Å². The summed E-state index contributed by atoms with van der Waals surface area (Å²) in [4.78, 5) is 18.3. The molecule has 0 radical (unpaired) electrons. The number of carbonyl (C=O) groups excluding carboxylic acids is 1. The lowest BCUT2D eigenvalue weighted by Gasteiger charge is -2.02. The van der Waals surface area contributed by atoms with Crippen molar-refractivity contribution in [3.8, 4) is 11.3 Å². The molecule has 1 aliphatic rings. The van der Waals surface area contributed by atoms with Crippen molar-refractivity contribution in [3.05, 3.63) is 41.3 Å². The largest absolute Gasteiger partial charge is 0.463 e. The molecular formula is C14H14N2O2. The molecule has 0 fully saturated rings. The van der Waals surface area contributed by atoms with Gasteiger partial charge in [0.2, 0.25) is 5.82 Å². The first-order chi connectivity index (χ1) is 8.78. The van der Waals surface area contributed by atoms with Gasteiger partial charge in [0.1, 0.15) is 0 Å². The van der Waals surface area contributed by atoms with E-state index in [-0.39, 0.29) is 5.82 Å². The van der Waals surface area contributed by atoms with Crippen molar-refractivity contribution in [2.24, 2.45) is 0 Å². The van der Waals surface area contributed by atoms with E-state index in [4.69, 9.17) is 0 Å². The highest BCUT2D eigenvalue weighted by Crippen LogP contribution is 2.27. The summed E-state index contributed by atoms with van der Waals surface area (Å²) < 4.78 is 4.63. The molecule has 18 heavy (non-hydrogen) atoms. The van der Waals surface area contributed by atoms with E-state index in [9.17, 15) is 4.79 Å². The molecule has 92 valence electrons. The molecule has 3 rings (SSSR count). The maximum Gasteiger partial charge on any atom is 0.374 e. The first kappa shape index (κ1) is 11.0. The number of imidazole rings is 1. The van der Waals surface area contributed by atoms with E-state index in [1.54, 1.807) is 6.20 Å². The summed E-state index contributed by atoms with van der Waals surface area (Å²) in [5, 5.41) is 0. The molecule has 1 heterocycles. The topological polar surface area (TPSA) is 55.0 Å². The lowest BCUT2D eigenvalue weighted by Crippen LogP contribution is -2.03. The molecule has 0 spiro atoms. The molecule has 0 atom stereocenters. The normalized spacial score (nSPS) is 13.4.